The van der Waals surface area contributed by atoms with Crippen molar-refractivity contribution < 1.29 is 24.2 Å². The fourth-order valence-electron chi connectivity index (χ4n) is 3.12. The van der Waals surface area contributed by atoms with Gasteiger partial charge in [-0.05, 0) is 25.1 Å². The number of amides is 2. The van der Waals surface area contributed by atoms with Crippen molar-refractivity contribution in [3.05, 3.63) is 30.9 Å². The molecule has 1 aliphatic heterocycles. The van der Waals surface area contributed by atoms with Gasteiger partial charge in [-0.3, -0.25) is 24.0 Å². The van der Waals surface area contributed by atoms with Gasteiger partial charge in [0.15, 0.2) is 5.13 Å². The van der Waals surface area contributed by atoms with E-state index in [1.54, 1.807) is 15.9 Å². The van der Waals surface area contributed by atoms with Gasteiger partial charge in [0, 0.05) is 26.4 Å². The predicted molar refractivity (Wildman–Crippen MR) is 118 cm³/mol. The van der Waals surface area contributed by atoms with Gasteiger partial charge in [0.1, 0.15) is 18.4 Å². The Morgan fingerprint density at radius 1 is 1.38 bits per heavy atom. The minimum Gasteiger partial charge on any atom is -0.494 e. The molecule has 0 bridgehead atoms. The Bertz CT molecular complexity index is 1080. The molecule has 0 spiro atoms. The number of fused-ring (bicyclic) bond motifs is 1. The maximum Gasteiger partial charge on any atom is 0.300 e. The summed E-state index contributed by atoms with van der Waals surface area (Å²) in [7, 11) is 0. The van der Waals surface area contributed by atoms with E-state index in [4.69, 9.17) is 14.6 Å². The van der Waals surface area contributed by atoms with Crippen molar-refractivity contribution in [2.24, 2.45) is 5.92 Å². The monoisotopic (exact) mass is 460 g/mol. The second-order valence-electron chi connectivity index (χ2n) is 6.93. The number of benzene rings is 1. The molecule has 1 unspecified atom stereocenters. The average molecular weight is 461 g/mol. The van der Waals surface area contributed by atoms with E-state index in [0.29, 0.717) is 31.4 Å². The molecule has 170 valence electrons. The average Bonchev–Trinajstić information content (AvgIpc) is 3.46. The summed E-state index contributed by atoms with van der Waals surface area (Å²) in [5.74, 6) is -0.645. The topological polar surface area (TPSA) is 140 Å². The van der Waals surface area contributed by atoms with Crippen LogP contribution in [-0.2, 0) is 20.9 Å². The Kier molecular flexibility index (Phi) is 7.71. The van der Waals surface area contributed by atoms with E-state index >= 15 is 0 Å². The van der Waals surface area contributed by atoms with E-state index in [9.17, 15) is 9.59 Å². The molecule has 0 saturated carbocycles. The molecule has 1 fully saturated rings. The Labute approximate surface area is 188 Å². The van der Waals surface area contributed by atoms with E-state index < -0.39 is 5.97 Å². The number of ether oxygens (including phenoxy) is 1. The number of nitrogens with one attached hydrogen (secondary N) is 1. The van der Waals surface area contributed by atoms with E-state index in [0.717, 1.165) is 22.9 Å². The minimum atomic E-state index is -0.833. The van der Waals surface area contributed by atoms with Crippen molar-refractivity contribution in [3.63, 3.8) is 0 Å². The van der Waals surface area contributed by atoms with E-state index in [2.05, 4.69) is 20.4 Å². The lowest BCUT2D eigenvalue weighted by molar-refractivity contribution is -0.134. The van der Waals surface area contributed by atoms with Crippen LogP contribution in [0.3, 0.4) is 0 Å². The maximum atomic E-state index is 12.5. The largest absolute Gasteiger partial charge is 0.494 e. The molecule has 1 aliphatic rings. The molecular formula is C20H24N6O5S. The standard InChI is InChI=1S/C18H20N6O3S.C2H4O2/c1-2-27-13-3-4-14-15(8-13)28-18(22-14)24-9-12(7-16(24)25)17(26)20-5-6-23-11-19-10-21-23;1-2(3)4/h3-4,8,10-12H,2,5-7,9H2,1H3,(H,20,26);1H3,(H,3,4). The van der Waals surface area contributed by atoms with Gasteiger partial charge in [-0.2, -0.15) is 5.10 Å². The number of carboxylic acids is 1. The number of hydrogen-bond acceptors (Lipinski definition) is 8. The number of carboxylic acid groups (broad SMARTS) is 1. The molecule has 1 aromatic carbocycles. The van der Waals surface area contributed by atoms with Crippen molar-refractivity contribution in [1.82, 2.24) is 25.1 Å². The SMILES string of the molecule is CC(=O)O.CCOc1ccc2nc(N3CC(C(=O)NCCn4cncn4)CC3=O)sc2c1. The first-order valence-electron chi connectivity index (χ1n) is 10.0. The molecule has 12 heteroatoms. The third kappa shape index (κ3) is 6.00. The zero-order valence-electron chi connectivity index (χ0n) is 17.7. The maximum absolute atomic E-state index is 12.5. The van der Waals surface area contributed by atoms with Crippen LogP contribution in [0.2, 0.25) is 0 Å². The lowest BCUT2D eigenvalue weighted by Gasteiger charge is -2.13. The third-order valence-corrected chi connectivity index (χ3v) is 5.53. The molecule has 2 aromatic heterocycles. The van der Waals surface area contributed by atoms with Crippen molar-refractivity contribution in [2.75, 3.05) is 24.6 Å². The van der Waals surface area contributed by atoms with Crippen LogP contribution in [0.15, 0.2) is 30.9 Å². The fraction of sp³-hybridized carbons (Fsp3) is 0.400. The van der Waals surface area contributed by atoms with Gasteiger partial charge < -0.3 is 15.2 Å². The van der Waals surface area contributed by atoms with Crippen LogP contribution in [0, 0.1) is 5.92 Å². The van der Waals surface area contributed by atoms with Gasteiger partial charge in [0.25, 0.3) is 5.97 Å². The first kappa shape index (κ1) is 23.1. The van der Waals surface area contributed by atoms with Crippen molar-refractivity contribution >= 4 is 44.5 Å². The minimum absolute atomic E-state index is 0.0829. The molecule has 2 amide bonds. The van der Waals surface area contributed by atoms with Gasteiger partial charge in [0.2, 0.25) is 11.8 Å². The molecule has 0 radical (unpaired) electrons. The summed E-state index contributed by atoms with van der Waals surface area (Å²) in [6.45, 7) is 4.92. The molecule has 0 aliphatic carbocycles. The molecule has 32 heavy (non-hydrogen) atoms. The van der Waals surface area contributed by atoms with Gasteiger partial charge in [0.05, 0.1) is 29.3 Å². The summed E-state index contributed by atoms with van der Waals surface area (Å²) < 4.78 is 8.11. The van der Waals surface area contributed by atoms with Crippen molar-refractivity contribution in [2.45, 2.75) is 26.8 Å². The number of hydrogen-bond donors (Lipinski definition) is 2. The number of nitrogens with zero attached hydrogens (tertiary/aromatic N) is 5. The molecule has 4 rings (SSSR count). The summed E-state index contributed by atoms with van der Waals surface area (Å²) in [4.78, 5) is 43.9. The van der Waals surface area contributed by atoms with Crippen LogP contribution < -0.4 is 15.0 Å². The van der Waals surface area contributed by atoms with E-state index in [-0.39, 0.29) is 24.2 Å². The zero-order valence-corrected chi connectivity index (χ0v) is 18.5. The highest BCUT2D eigenvalue weighted by molar-refractivity contribution is 7.22. The second kappa shape index (κ2) is 10.7. The van der Waals surface area contributed by atoms with Crippen LogP contribution in [0.1, 0.15) is 20.3 Å². The molecule has 3 heterocycles. The smallest absolute Gasteiger partial charge is 0.300 e. The van der Waals surface area contributed by atoms with Crippen LogP contribution in [0.25, 0.3) is 10.2 Å². The third-order valence-electron chi connectivity index (χ3n) is 4.49. The molecule has 11 nitrogen and oxygen atoms in total. The second-order valence-corrected chi connectivity index (χ2v) is 7.94. The summed E-state index contributed by atoms with van der Waals surface area (Å²) in [6.07, 6.45) is 3.23. The number of rotatable bonds is 7. The van der Waals surface area contributed by atoms with Crippen LogP contribution >= 0.6 is 11.3 Å². The molecule has 1 saturated heterocycles. The highest BCUT2D eigenvalue weighted by Crippen LogP contribution is 2.34. The number of aliphatic carboxylic acids is 1. The quantitative estimate of drug-likeness (QED) is 0.541. The number of carbonyl (C=O) groups is 3. The van der Waals surface area contributed by atoms with Gasteiger partial charge in [-0.15, -0.1) is 0 Å². The fourth-order valence-corrected chi connectivity index (χ4v) is 4.14. The highest BCUT2D eigenvalue weighted by atomic mass is 32.1. The van der Waals surface area contributed by atoms with Crippen molar-refractivity contribution in [3.8, 4) is 5.75 Å². The summed E-state index contributed by atoms with van der Waals surface area (Å²) in [6, 6.07) is 5.68. The Morgan fingerprint density at radius 2 is 2.16 bits per heavy atom. The first-order chi connectivity index (χ1) is 15.4. The summed E-state index contributed by atoms with van der Waals surface area (Å²) in [5.41, 5.74) is 0.817. The van der Waals surface area contributed by atoms with E-state index in [1.807, 2.05) is 25.1 Å². The summed E-state index contributed by atoms with van der Waals surface area (Å²) >= 11 is 1.43. The molecular weight excluding hydrogens is 436 g/mol. The van der Waals surface area contributed by atoms with Crippen LogP contribution in [-0.4, -0.2) is 62.3 Å². The molecule has 1 atom stereocenters. The molecule has 2 N–H and O–H groups in total. The zero-order chi connectivity index (χ0) is 23.1. The lowest BCUT2D eigenvalue weighted by atomic mass is 10.1. The van der Waals surface area contributed by atoms with E-state index in [1.165, 1.54) is 17.7 Å². The number of thiazole rings is 1. The number of aromatic nitrogens is 4. The van der Waals surface area contributed by atoms with Gasteiger partial charge in [-0.25, -0.2) is 9.97 Å². The van der Waals surface area contributed by atoms with Crippen molar-refractivity contribution in [1.29, 1.82) is 0 Å². The highest BCUT2D eigenvalue weighted by Gasteiger charge is 2.36. The molecule has 3 aromatic rings. The Hall–Kier alpha value is -3.54. The van der Waals surface area contributed by atoms with Gasteiger partial charge >= 0.3 is 0 Å². The first-order valence-corrected chi connectivity index (χ1v) is 10.8. The predicted octanol–water partition coefficient (Wildman–Crippen LogP) is 1.55. The Balaban J connectivity index is 0.000000668. The summed E-state index contributed by atoms with van der Waals surface area (Å²) in [5, 5.41) is 14.9. The normalized spacial score (nSPS) is 15.4. The number of anilines is 1. The lowest BCUT2D eigenvalue weighted by Crippen LogP contribution is -2.34. The number of carbonyl (C=O) groups excluding carboxylic acids is 2. The van der Waals surface area contributed by atoms with Gasteiger partial charge in [-0.1, -0.05) is 11.3 Å². The Morgan fingerprint density at radius 3 is 2.84 bits per heavy atom. The van der Waals surface area contributed by atoms with Crippen LogP contribution in [0.4, 0.5) is 5.13 Å². The van der Waals surface area contributed by atoms with Crippen LogP contribution in [0.5, 0.6) is 5.75 Å².